The predicted molar refractivity (Wildman–Crippen MR) is 42.5 cm³/mol. The largest absolute Gasteiger partial charge is 1.00 e. The molecule has 0 unspecified atom stereocenters. The summed E-state index contributed by atoms with van der Waals surface area (Å²) in [5, 5.41) is 0. The highest BCUT2D eigenvalue weighted by Crippen LogP contribution is 2.02. The maximum atomic E-state index is 3.18. The van der Waals surface area contributed by atoms with Crippen molar-refractivity contribution in [3.8, 4) is 0 Å². The maximum absolute atomic E-state index is 3.18. The first-order valence-corrected chi connectivity index (χ1v) is 3.51. The minimum Gasteiger partial charge on any atom is -1.00 e. The zero-order chi connectivity index (χ0) is 7.61. The summed E-state index contributed by atoms with van der Waals surface area (Å²) in [6.45, 7) is 1.06. The Balaban J connectivity index is 0.000001000. The van der Waals surface area contributed by atoms with E-state index in [1.54, 1.807) is 0 Å². The number of H-pyrrole nitrogens is 1. The first-order valence-electron chi connectivity index (χ1n) is 3.51. The van der Waals surface area contributed by atoms with Crippen molar-refractivity contribution in [2.45, 2.75) is 6.54 Å². The van der Waals surface area contributed by atoms with Gasteiger partial charge in [-0.3, -0.25) is 0 Å². The van der Waals surface area contributed by atoms with Gasteiger partial charge in [-0.1, -0.05) is 0 Å². The fourth-order valence-electron chi connectivity index (χ4n) is 0.977. The van der Waals surface area contributed by atoms with E-state index in [4.69, 9.17) is 0 Å². The third-order valence-electron chi connectivity index (χ3n) is 1.31. The van der Waals surface area contributed by atoms with E-state index in [-0.39, 0.29) is 24.0 Å². The first-order chi connectivity index (χ1) is 4.58. The molecule has 1 N–H and O–H groups in total. The second kappa shape index (κ2) is 4.11. The summed E-state index contributed by atoms with van der Waals surface area (Å²) in [5.41, 5.74) is 1.30. The SMILES string of the molecule is C[N+](C)(C)Cc1ccc[nH]1.[I-]. The van der Waals surface area contributed by atoms with Crippen molar-refractivity contribution in [3.63, 3.8) is 0 Å². The molecule has 1 heterocycles. The van der Waals surface area contributed by atoms with Gasteiger partial charge in [0, 0.05) is 6.20 Å². The molecular formula is C8H15IN2. The van der Waals surface area contributed by atoms with Crippen LogP contribution in [-0.4, -0.2) is 30.6 Å². The van der Waals surface area contributed by atoms with E-state index in [1.807, 2.05) is 12.3 Å². The summed E-state index contributed by atoms with van der Waals surface area (Å²) in [4.78, 5) is 3.18. The normalized spacial score (nSPS) is 10.8. The third kappa shape index (κ3) is 4.42. The number of hydrogen-bond donors (Lipinski definition) is 1. The summed E-state index contributed by atoms with van der Waals surface area (Å²) < 4.78 is 0.973. The molecule has 0 amide bonds. The van der Waals surface area contributed by atoms with Crippen LogP contribution in [0.2, 0.25) is 0 Å². The van der Waals surface area contributed by atoms with Crippen LogP contribution in [0.3, 0.4) is 0 Å². The molecule has 0 aliphatic rings. The second-order valence-electron chi connectivity index (χ2n) is 3.64. The second-order valence-corrected chi connectivity index (χ2v) is 3.64. The smallest absolute Gasteiger partial charge is 0.119 e. The molecule has 0 bridgehead atoms. The Kier molecular flexibility index (Phi) is 4.10. The molecule has 1 aromatic heterocycles. The van der Waals surface area contributed by atoms with Crippen LogP contribution in [0.15, 0.2) is 18.3 Å². The molecule has 2 nitrogen and oxygen atoms in total. The van der Waals surface area contributed by atoms with E-state index in [0.29, 0.717) is 0 Å². The average molecular weight is 266 g/mol. The summed E-state index contributed by atoms with van der Waals surface area (Å²) >= 11 is 0. The number of rotatable bonds is 2. The average Bonchev–Trinajstić information content (AvgIpc) is 2.12. The standard InChI is InChI=1S/C8H15N2.HI/c1-10(2,3)7-8-5-4-6-9-8;/h4-6,9H,7H2,1-3H3;1H/q+1;/p-1. The van der Waals surface area contributed by atoms with Gasteiger partial charge < -0.3 is 33.4 Å². The van der Waals surface area contributed by atoms with Crippen molar-refractivity contribution in [3.05, 3.63) is 24.0 Å². The third-order valence-corrected chi connectivity index (χ3v) is 1.31. The molecule has 0 aliphatic heterocycles. The van der Waals surface area contributed by atoms with Gasteiger partial charge in [-0.15, -0.1) is 0 Å². The molecule has 1 rings (SSSR count). The lowest BCUT2D eigenvalue weighted by Crippen LogP contribution is -3.00. The van der Waals surface area contributed by atoms with Crippen molar-refractivity contribution in [2.24, 2.45) is 0 Å². The number of nitrogens with one attached hydrogen (secondary N) is 1. The van der Waals surface area contributed by atoms with E-state index >= 15 is 0 Å². The Labute approximate surface area is 85.2 Å². The molecule has 0 aliphatic carbocycles. The van der Waals surface area contributed by atoms with Crippen LogP contribution in [0.4, 0.5) is 0 Å². The van der Waals surface area contributed by atoms with Crippen LogP contribution in [0.5, 0.6) is 0 Å². The Morgan fingerprint density at radius 3 is 2.36 bits per heavy atom. The summed E-state index contributed by atoms with van der Waals surface area (Å²) in [7, 11) is 6.54. The van der Waals surface area contributed by atoms with E-state index in [9.17, 15) is 0 Å². The minimum absolute atomic E-state index is 0. The van der Waals surface area contributed by atoms with Crippen molar-refractivity contribution in [1.29, 1.82) is 0 Å². The summed E-state index contributed by atoms with van der Waals surface area (Å²) in [5.74, 6) is 0. The van der Waals surface area contributed by atoms with Crippen molar-refractivity contribution >= 4 is 0 Å². The lowest BCUT2D eigenvalue weighted by Gasteiger charge is -2.22. The van der Waals surface area contributed by atoms with E-state index in [0.717, 1.165) is 11.0 Å². The number of aromatic nitrogens is 1. The van der Waals surface area contributed by atoms with E-state index < -0.39 is 0 Å². The van der Waals surface area contributed by atoms with Crippen LogP contribution in [-0.2, 0) is 6.54 Å². The summed E-state index contributed by atoms with van der Waals surface area (Å²) in [6, 6.07) is 4.15. The molecule has 64 valence electrons. The van der Waals surface area contributed by atoms with Gasteiger partial charge in [0.1, 0.15) is 6.54 Å². The first kappa shape index (κ1) is 11.0. The highest BCUT2D eigenvalue weighted by Gasteiger charge is 2.07. The molecule has 11 heavy (non-hydrogen) atoms. The highest BCUT2D eigenvalue weighted by atomic mass is 127. The molecule has 0 radical (unpaired) electrons. The number of nitrogens with zero attached hydrogens (tertiary/aromatic N) is 1. The molecule has 0 saturated carbocycles. The van der Waals surface area contributed by atoms with Gasteiger partial charge in [0.25, 0.3) is 0 Å². The fraction of sp³-hybridized carbons (Fsp3) is 0.500. The van der Waals surface area contributed by atoms with Crippen LogP contribution in [0.1, 0.15) is 5.69 Å². The van der Waals surface area contributed by atoms with Gasteiger partial charge in [-0.25, -0.2) is 0 Å². The van der Waals surface area contributed by atoms with Gasteiger partial charge in [0.2, 0.25) is 0 Å². The van der Waals surface area contributed by atoms with Gasteiger partial charge in [-0.05, 0) is 12.1 Å². The predicted octanol–water partition coefficient (Wildman–Crippen LogP) is -1.78. The van der Waals surface area contributed by atoms with E-state index in [2.05, 4.69) is 32.2 Å². The van der Waals surface area contributed by atoms with E-state index in [1.165, 1.54) is 5.69 Å². The fourth-order valence-corrected chi connectivity index (χ4v) is 0.977. The molecule has 3 heteroatoms. The number of aromatic amines is 1. The van der Waals surface area contributed by atoms with Crippen LogP contribution in [0.25, 0.3) is 0 Å². The Morgan fingerprint density at radius 1 is 1.36 bits per heavy atom. The van der Waals surface area contributed by atoms with Gasteiger partial charge in [-0.2, -0.15) is 0 Å². The van der Waals surface area contributed by atoms with Crippen molar-refractivity contribution in [2.75, 3.05) is 21.1 Å². The van der Waals surface area contributed by atoms with Crippen molar-refractivity contribution < 1.29 is 28.5 Å². The monoisotopic (exact) mass is 266 g/mol. The molecular weight excluding hydrogens is 251 g/mol. The van der Waals surface area contributed by atoms with Crippen molar-refractivity contribution in [1.82, 2.24) is 4.98 Å². The zero-order valence-corrected chi connectivity index (χ0v) is 9.42. The van der Waals surface area contributed by atoms with Crippen LogP contribution >= 0.6 is 0 Å². The molecule has 0 fully saturated rings. The van der Waals surface area contributed by atoms with Gasteiger partial charge in [0.05, 0.1) is 26.8 Å². The quantitative estimate of drug-likeness (QED) is 0.481. The molecule has 0 atom stereocenters. The molecule has 0 spiro atoms. The number of quaternary nitrogens is 1. The minimum atomic E-state index is 0. The molecule has 0 aromatic carbocycles. The topological polar surface area (TPSA) is 15.8 Å². The van der Waals surface area contributed by atoms with Gasteiger partial charge in [0.15, 0.2) is 0 Å². The zero-order valence-electron chi connectivity index (χ0n) is 7.26. The molecule has 0 saturated heterocycles. The number of halogens is 1. The summed E-state index contributed by atoms with van der Waals surface area (Å²) in [6.07, 6.45) is 1.96. The highest BCUT2D eigenvalue weighted by molar-refractivity contribution is 5.01. The lowest BCUT2D eigenvalue weighted by atomic mass is 10.4. The number of hydrogen-bond acceptors (Lipinski definition) is 0. The Bertz CT molecular complexity index is 186. The maximum Gasteiger partial charge on any atom is 0.119 e. The van der Waals surface area contributed by atoms with Crippen LogP contribution < -0.4 is 24.0 Å². The van der Waals surface area contributed by atoms with Gasteiger partial charge >= 0.3 is 0 Å². The van der Waals surface area contributed by atoms with Crippen LogP contribution in [0, 0.1) is 0 Å². The Morgan fingerprint density at radius 2 is 2.00 bits per heavy atom. The Hall–Kier alpha value is -0.0300. The lowest BCUT2D eigenvalue weighted by molar-refractivity contribution is -0.884. The molecule has 1 aromatic rings.